The van der Waals surface area contributed by atoms with Gasteiger partial charge in [0, 0.05) is 0 Å². The van der Waals surface area contributed by atoms with Crippen LogP contribution in [0.5, 0.6) is 5.75 Å². The largest absolute Gasteiger partial charge is 0.495 e. The molecule has 0 radical (unpaired) electrons. The highest BCUT2D eigenvalue weighted by atomic mass is 35.5. The van der Waals surface area contributed by atoms with Gasteiger partial charge in [0.2, 0.25) is 0 Å². The van der Waals surface area contributed by atoms with E-state index in [1.165, 1.54) is 22.3 Å². The van der Waals surface area contributed by atoms with Crippen molar-refractivity contribution >= 4 is 11.6 Å². The van der Waals surface area contributed by atoms with Gasteiger partial charge >= 0.3 is 0 Å². The average molecular weight is 304 g/mol. The molecule has 0 heterocycles. The molecule has 0 spiro atoms. The molecule has 0 saturated carbocycles. The van der Waals surface area contributed by atoms with Crippen LogP contribution in [-0.2, 0) is 0 Å². The summed E-state index contributed by atoms with van der Waals surface area (Å²) in [6.45, 7) is 6.44. The summed E-state index contributed by atoms with van der Waals surface area (Å²) in [6, 6.07) is 10.5. The average Bonchev–Trinajstić information content (AvgIpc) is 2.42. The molecule has 0 aromatic heterocycles. The monoisotopic (exact) mass is 303 g/mol. The van der Waals surface area contributed by atoms with Crippen molar-refractivity contribution in [1.29, 1.82) is 0 Å². The smallest absolute Gasteiger partial charge is 0.137 e. The minimum absolute atomic E-state index is 0.119. The molecule has 3 heteroatoms. The lowest BCUT2D eigenvalue weighted by atomic mass is 9.90. The van der Waals surface area contributed by atoms with E-state index >= 15 is 0 Å². The van der Waals surface area contributed by atoms with E-state index in [4.69, 9.17) is 16.3 Å². The van der Waals surface area contributed by atoms with Crippen molar-refractivity contribution in [2.24, 2.45) is 0 Å². The van der Waals surface area contributed by atoms with Crippen molar-refractivity contribution in [3.63, 3.8) is 0 Å². The van der Waals surface area contributed by atoms with Crippen molar-refractivity contribution in [2.75, 3.05) is 14.2 Å². The van der Waals surface area contributed by atoms with Gasteiger partial charge in [-0.25, -0.2) is 0 Å². The Labute approximate surface area is 132 Å². The van der Waals surface area contributed by atoms with Gasteiger partial charge < -0.3 is 10.1 Å². The summed E-state index contributed by atoms with van der Waals surface area (Å²) >= 11 is 6.27. The summed E-state index contributed by atoms with van der Waals surface area (Å²) in [5.41, 5.74) is 6.32. The van der Waals surface area contributed by atoms with Crippen molar-refractivity contribution in [3.05, 3.63) is 63.2 Å². The summed E-state index contributed by atoms with van der Waals surface area (Å²) in [5, 5.41) is 4.04. The van der Waals surface area contributed by atoms with Crippen molar-refractivity contribution in [1.82, 2.24) is 5.32 Å². The van der Waals surface area contributed by atoms with Gasteiger partial charge in [-0.1, -0.05) is 35.4 Å². The van der Waals surface area contributed by atoms with Gasteiger partial charge in [-0.2, -0.15) is 0 Å². The lowest BCUT2D eigenvalue weighted by Crippen LogP contribution is -2.20. The Morgan fingerprint density at radius 1 is 1.05 bits per heavy atom. The molecule has 2 nitrogen and oxygen atoms in total. The predicted molar refractivity (Wildman–Crippen MR) is 89.6 cm³/mol. The van der Waals surface area contributed by atoms with E-state index in [0.29, 0.717) is 10.8 Å². The maximum absolute atomic E-state index is 6.27. The molecule has 1 N–H and O–H groups in total. The van der Waals surface area contributed by atoms with Crippen molar-refractivity contribution in [3.8, 4) is 5.75 Å². The zero-order chi connectivity index (χ0) is 15.6. The number of ether oxygens (including phenoxy) is 1. The molecule has 0 fully saturated rings. The summed E-state index contributed by atoms with van der Waals surface area (Å²) in [6.07, 6.45) is 0. The molecule has 0 aliphatic heterocycles. The number of halogens is 1. The molecule has 21 heavy (non-hydrogen) atoms. The van der Waals surface area contributed by atoms with Crippen LogP contribution in [0, 0.1) is 20.8 Å². The van der Waals surface area contributed by atoms with Crippen LogP contribution in [0.2, 0.25) is 5.02 Å². The van der Waals surface area contributed by atoms with Gasteiger partial charge in [0.05, 0.1) is 18.2 Å². The predicted octanol–water partition coefficient (Wildman–Crippen LogP) is 4.58. The van der Waals surface area contributed by atoms with Gasteiger partial charge in [-0.15, -0.1) is 0 Å². The third kappa shape index (κ3) is 3.22. The third-order valence-corrected chi connectivity index (χ3v) is 4.12. The third-order valence-electron chi connectivity index (χ3n) is 3.82. The van der Waals surface area contributed by atoms with Crippen molar-refractivity contribution < 1.29 is 4.74 Å². The highest BCUT2D eigenvalue weighted by Gasteiger charge is 2.18. The van der Waals surface area contributed by atoms with Gasteiger partial charge in [0.25, 0.3) is 0 Å². The Balaban J connectivity index is 2.52. The number of nitrogens with one attached hydrogen (secondary N) is 1. The molecule has 0 amide bonds. The Bertz CT molecular complexity index is 629. The Hall–Kier alpha value is -1.51. The van der Waals surface area contributed by atoms with Gasteiger partial charge in [-0.3, -0.25) is 0 Å². The number of hydrogen-bond acceptors (Lipinski definition) is 2. The molecule has 2 aromatic rings. The van der Waals surface area contributed by atoms with E-state index in [9.17, 15) is 0 Å². The zero-order valence-electron chi connectivity index (χ0n) is 13.3. The molecule has 0 saturated heterocycles. The standard InChI is InChI=1S/C18H22ClNO/c1-11-8-12(2)17(13(3)9-11)18(20-4)14-6-7-16(21-5)15(19)10-14/h6-10,18,20H,1-5H3. The Kier molecular flexibility index (Phi) is 4.92. The molecule has 2 aromatic carbocycles. The first-order valence-corrected chi connectivity index (χ1v) is 7.44. The number of rotatable bonds is 4. The second-order valence-electron chi connectivity index (χ2n) is 5.43. The van der Waals surface area contributed by atoms with E-state index in [1.54, 1.807) is 7.11 Å². The number of benzene rings is 2. The molecule has 0 aliphatic rings. The maximum atomic E-state index is 6.27. The van der Waals surface area contributed by atoms with E-state index < -0.39 is 0 Å². The van der Waals surface area contributed by atoms with Crippen LogP contribution in [-0.4, -0.2) is 14.2 Å². The molecule has 1 atom stereocenters. The Morgan fingerprint density at radius 2 is 1.67 bits per heavy atom. The van der Waals surface area contributed by atoms with Gasteiger partial charge in [0.15, 0.2) is 0 Å². The molecule has 112 valence electrons. The topological polar surface area (TPSA) is 21.3 Å². The fraction of sp³-hybridized carbons (Fsp3) is 0.333. The van der Waals surface area contributed by atoms with Crippen LogP contribution in [0.4, 0.5) is 0 Å². The molecule has 1 unspecified atom stereocenters. The molecule has 0 aliphatic carbocycles. The normalized spacial score (nSPS) is 12.3. The zero-order valence-corrected chi connectivity index (χ0v) is 14.0. The van der Waals surface area contributed by atoms with Gasteiger partial charge in [0.1, 0.15) is 5.75 Å². The fourth-order valence-electron chi connectivity index (χ4n) is 2.99. The van der Waals surface area contributed by atoms with E-state index in [0.717, 1.165) is 5.56 Å². The first-order valence-electron chi connectivity index (χ1n) is 7.06. The van der Waals surface area contributed by atoms with E-state index in [2.05, 4.69) is 44.3 Å². The van der Waals surface area contributed by atoms with Crippen LogP contribution < -0.4 is 10.1 Å². The maximum Gasteiger partial charge on any atom is 0.137 e. The van der Waals surface area contributed by atoms with Crippen LogP contribution in [0.1, 0.15) is 33.9 Å². The molecular formula is C18H22ClNO. The molecule has 0 bridgehead atoms. The first-order chi connectivity index (χ1) is 9.97. The summed E-state index contributed by atoms with van der Waals surface area (Å²) < 4.78 is 5.23. The van der Waals surface area contributed by atoms with Crippen molar-refractivity contribution in [2.45, 2.75) is 26.8 Å². The fourth-order valence-corrected chi connectivity index (χ4v) is 3.25. The van der Waals surface area contributed by atoms with E-state index in [-0.39, 0.29) is 6.04 Å². The minimum Gasteiger partial charge on any atom is -0.495 e. The number of hydrogen-bond donors (Lipinski definition) is 1. The first kappa shape index (κ1) is 15.9. The van der Waals surface area contributed by atoms with Crippen LogP contribution in [0.25, 0.3) is 0 Å². The lowest BCUT2D eigenvalue weighted by molar-refractivity contribution is 0.414. The number of aryl methyl sites for hydroxylation is 3. The summed E-state index contributed by atoms with van der Waals surface area (Å²) in [5.74, 6) is 0.701. The summed E-state index contributed by atoms with van der Waals surface area (Å²) in [4.78, 5) is 0. The second-order valence-corrected chi connectivity index (χ2v) is 5.84. The Morgan fingerprint density at radius 3 is 2.14 bits per heavy atom. The molecular weight excluding hydrogens is 282 g/mol. The van der Waals surface area contributed by atoms with E-state index in [1.807, 2.05) is 19.2 Å². The van der Waals surface area contributed by atoms with Crippen LogP contribution in [0.3, 0.4) is 0 Å². The van der Waals surface area contributed by atoms with Crippen LogP contribution in [0.15, 0.2) is 30.3 Å². The SMILES string of the molecule is CNC(c1ccc(OC)c(Cl)c1)c1c(C)cc(C)cc1C. The molecule has 2 rings (SSSR count). The highest BCUT2D eigenvalue weighted by molar-refractivity contribution is 6.32. The lowest BCUT2D eigenvalue weighted by Gasteiger charge is -2.23. The number of methoxy groups -OCH3 is 1. The highest BCUT2D eigenvalue weighted by Crippen LogP contribution is 2.33. The second kappa shape index (κ2) is 6.50. The summed E-state index contributed by atoms with van der Waals surface area (Å²) in [7, 11) is 3.60. The van der Waals surface area contributed by atoms with Gasteiger partial charge in [-0.05, 0) is 62.2 Å². The minimum atomic E-state index is 0.119. The quantitative estimate of drug-likeness (QED) is 0.892. The van der Waals surface area contributed by atoms with Crippen LogP contribution >= 0.6 is 11.6 Å².